The van der Waals surface area contributed by atoms with E-state index in [-0.39, 0.29) is 5.78 Å². The van der Waals surface area contributed by atoms with Gasteiger partial charge in [0.25, 0.3) is 0 Å². The van der Waals surface area contributed by atoms with E-state index < -0.39 is 0 Å². The molecule has 0 saturated carbocycles. The van der Waals surface area contributed by atoms with Gasteiger partial charge >= 0.3 is 0 Å². The molecule has 3 rings (SSSR count). The van der Waals surface area contributed by atoms with E-state index in [1.54, 1.807) is 18.3 Å². The van der Waals surface area contributed by atoms with Gasteiger partial charge in [0, 0.05) is 39.9 Å². The van der Waals surface area contributed by atoms with Gasteiger partial charge in [-0.2, -0.15) is 11.3 Å². The summed E-state index contributed by atoms with van der Waals surface area (Å²) in [6.45, 7) is 4.49. The van der Waals surface area contributed by atoms with Crippen LogP contribution in [0.5, 0.6) is 0 Å². The van der Waals surface area contributed by atoms with Crippen molar-refractivity contribution in [3.63, 3.8) is 0 Å². The number of thiophene rings is 1. The average molecular weight is 388 g/mol. The van der Waals surface area contributed by atoms with Crippen LogP contribution in [0.3, 0.4) is 0 Å². The number of carbonyl (C=O) groups is 1. The fraction of sp³-hybridized carbons (Fsp3) is 0.333. The van der Waals surface area contributed by atoms with Gasteiger partial charge in [-0.1, -0.05) is 24.9 Å². The van der Waals surface area contributed by atoms with Crippen molar-refractivity contribution in [2.75, 3.05) is 6.54 Å². The first-order chi connectivity index (χ1) is 12.6. The fourth-order valence-electron chi connectivity index (χ4n) is 2.92. The van der Waals surface area contributed by atoms with E-state index in [0.29, 0.717) is 23.4 Å². The van der Waals surface area contributed by atoms with E-state index in [9.17, 15) is 4.79 Å². The molecular formula is C21H22ClNO2S. The molecule has 0 atom stereocenters. The number of aryl methyl sites for hydroxylation is 1. The van der Waals surface area contributed by atoms with Gasteiger partial charge in [-0.05, 0) is 54.8 Å². The third-order valence-corrected chi connectivity index (χ3v) is 5.21. The Morgan fingerprint density at radius 3 is 2.81 bits per heavy atom. The largest absolute Gasteiger partial charge is 0.438 e. The lowest BCUT2D eigenvalue weighted by Crippen LogP contribution is -2.09. The van der Waals surface area contributed by atoms with Gasteiger partial charge in [0.05, 0.1) is 0 Å². The van der Waals surface area contributed by atoms with E-state index in [0.717, 1.165) is 47.0 Å². The summed E-state index contributed by atoms with van der Waals surface area (Å²) in [5, 5.41) is 6.71. The van der Waals surface area contributed by atoms with Gasteiger partial charge < -0.3 is 9.21 Å². The smallest absolute Gasteiger partial charge is 0.222 e. The Labute approximate surface area is 162 Å². The Balaban J connectivity index is 2.28. The van der Waals surface area contributed by atoms with Crippen LogP contribution in [0, 0.1) is 0 Å². The first-order valence-electron chi connectivity index (χ1n) is 8.88. The van der Waals surface area contributed by atoms with Crippen LogP contribution < -0.4 is 5.55 Å². The zero-order valence-electron chi connectivity index (χ0n) is 15.0. The van der Waals surface area contributed by atoms with Crippen molar-refractivity contribution >= 4 is 39.5 Å². The Morgan fingerprint density at radius 2 is 2.12 bits per heavy atom. The van der Waals surface area contributed by atoms with Gasteiger partial charge in [-0.25, -0.2) is 0 Å². The minimum Gasteiger partial charge on any atom is -0.438 e. The van der Waals surface area contributed by atoms with Crippen LogP contribution in [0.2, 0.25) is 5.02 Å². The highest BCUT2D eigenvalue weighted by Crippen LogP contribution is 2.32. The van der Waals surface area contributed by atoms with Crippen molar-refractivity contribution in [1.82, 2.24) is 0 Å². The molecule has 0 aliphatic carbocycles. The third kappa shape index (κ3) is 4.25. The lowest BCUT2D eigenvalue weighted by molar-refractivity contribution is -0.116. The van der Waals surface area contributed by atoms with Crippen molar-refractivity contribution in [3.05, 3.63) is 51.2 Å². The molecule has 3 aromatic rings. The number of benzene rings is 1. The molecule has 0 radical (unpaired) electrons. The Hall–Kier alpha value is -1.91. The highest BCUT2D eigenvalue weighted by molar-refractivity contribution is 7.08. The normalized spacial score (nSPS) is 12.0. The summed E-state index contributed by atoms with van der Waals surface area (Å²) in [7, 11) is 0. The Bertz CT molecular complexity index is 974. The minimum atomic E-state index is 0.160. The number of unbranched alkanes of at least 4 members (excludes halogenated alkanes) is 1. The molecule has 0 amide bonds. The second-order valence-electron chi connectivity index (χ2n) is 6.35. The predicted octanol–water partition coefficient (Wildman–Crippen LogP) is 6.04. The summed E-state index contributed by atoms with van der Waals surface area (Å²) in [6.07, 6.45) is 3.20. The number of Topliss-reactive ketones (excluding diaryl/α,β-unsaturated/α-hetero) is 1. The van der Waals surface area contributed by atoms with Gasteiger partial charge in [-0.3, -0.25) is 4.99 Å². The second kappa shape index (κ2) is 8.65. The molecule has 0 aliphatic rings. The molecule has 0 N–H and O–H groups in total. The highest BCUT2D eigenvalue weighted by Gasteiger charge is 2.16. The number of carbonyl (C=O) groups excluding carboxylic acids is 1. The van der Waals surface area contributed by atoms with E-state index >= 15 is 0 Å². The van der Waals surface area contributed by atoms with Gasteiger partial charge in [0.2, 0.25) is 5.55 Å². The van der Waals surface area contributed by atoms with E-state index in [4.69, 9.17) is 16.0 Å². The Kier molecular flexibility index (Phi) is 6.28. The molecule has 0 spiro atoms. The second-order valence-corrected chi connectivity index (χ2v) is 7.57. The number of hydrogen-bond acceptors (Lipinski definition) is 4. The summed E-state index contributed by atoms with van der Waals surface area (Å²) in [6, 6.07) is 7.81. The van der Waals surface area contributed by atoms with Crippen molar-refractivity contribution in [2.45, 2.75) is 39.5 Å². The number of fused-ring (bicyclic) bond motifs is 1. The van der Waals surface area contributed by atoms with Crippen LogP contribution in [0.25, 0.3) is 22.1 Å². The van der Waals surface area contributed by atoms with Crippen molar-refractivity contribution in [3.8, 4) is 11.3 Å². The predicted molar refractivity (Wildman–Crippen MR) is 109 cm³/mol. The molecule has 2 aromatic heterocycles. The zero-order valence-corrected chi connectivity index (χ0v) is 16.6. The topological polar surface area (TPSA) is 42.6 Å². The number of hydrogen-bond donors (Lipinski definition) is 0. The van der Waals surface area contributed by atoms with Gasteiger partial charge in [0.1, 0.15) is 11.5 Å². The monoisotopic (exact) mass is 387 g/mol. The maximum atomic E-state index is 11.6. The first-order valence-corrected chi connectivity index (χ1v) is 10.2. The Morgan fingerprint density at radius 1 is 1.27 bits per heavy atom. The molecule has 26 heavy (non-hydrogen) atoms. The molecular weight excluding hydrogens is 366 g/mol. The number of halogens is 1. The molecule has 0 aliphatic heterocycles. The molecule has 136 valence electrons. The van der Waals surface area contributed by atoms with Crippen molar-refractivity contribution < 1.29 is 9.21 Å². The van der Waals surface area contributed by atoms with E-state index in [1.807, 2.05) is 29.6 Å². The molecule has 0 saturated heterocycles. The number of nitrogens with zero attached hydrogens (tertiary/aromatic N) is 1. The first kappa shape index (κ1) is 18.9. The fourth-order valence-corrected chi connectivity index (χ4v) is 3.73. The average Bonchev–Trinajstić information content (AvgIpc) is 3.14. The molecule has 1 aromatic carbocycles. The SMILES string of the molecule is CCCCN=c1oc(-c2ccsc2)c(CCC(C)=O)c2cc(Cl)ccc12. The lowest BCUT2D eigenvalue weighted by Gasteiger charge is -2.12. The molecule has 2 heterocycles. The highest BCUT2D eigenvalue weighted by atomic mass is 35.5. The summed E-state index contributed by atoms with van der Waals surface area (Å²) in [5.74, 6) is 0.950. The molecule has 5 heteroatoms. The molecule has 0 bridgehead atoms. The molecule has 3 nitrogen and oxygen atoms in total. The van der Waals surface area contributed by atoms with Gasteiger partial charge in [-0.15, -0.1) is 0 Å². The third-order valence-electron chi connectivity index (χ3n) is 4.29. The lowest BCUT2D eigenvalue weighted by atomic mass is 9.98. The van der Waals surface area contributed by atoms with Crippen LogP contribution in [0.1, 0.15) is 38.7 Å². The van der Waals surface area contributed by atoms with E-state index in [2.05, 4.69) is 17.3 Å². The van der Waals surface area contributed by atoms with Gasteiger partial charge in [0.15, 0.2) is 0 Å². The summed E-state index contributed by atoms with van der Waals surface area (Å²) in [4.78, 5) is 16.3. The van der Waals surface area contributed by atoms with Crippen LogP contribution in [-0.4, -0.2) is 12.3 Å². The molecule has 0 fully saturated rings. The van der Waals surface area contributed by atoms with Crippen LogP contribution in [-0.2, 0) is 11.2 Å². The van der Waals surface area contributed by atoms with Crippen molar-refractivity contribution in [1.29, 1.82) is 0 Å². The minimum absolute atomic E-state index is 0.160. The van der Waals surface area contributed by atoms with Crippen molar-refractivity contribution in [2.24, 2.45) is 4.99 Å². The number of ketones is 1. The summed E-state index contributed by atoms with van der Waals surface area (Å²) in [5.41, 5.74) is 2.67. The summed E-state index contributed by atoms with van der Waals surface area (Å²) < 4.78 is 6.27. The van der Waals surface area contributed by atoms with Crippen LogP contribution in [0.15, 0.2) is 44.4 Å². The standard InChI is InChI=1S/C21H22ClNO2S/c1-3-4-10-23-21-18-8-6-16(22)12-19(18)17(7-5-14(2)24)20(25-21)15-9-11-26-13-15/h6,8-9,11-13H,3-5,7,10H2,1-2H3. The molecule has 0 unspecified atom stereocenters. The number of rotatable bonds is 7. The zero-order chi connectivity index (χ0) is 18.5. The van der Waals surface area contributed by atoms with Crippen LogP contribution >= 0.6 is 22.9 Å². The van der Waals surface area contributed by atoms with E-state index in [1.165, 1.54) is 0 Å². The van der Waals surface area contributed by atoms with Crippen LogP contribution in [0.4, 0.5) is 0 Å². The maximum Gasteiger partial charge on any atom is 0.222 e. The quantitative estimate of drug-likeness (QED) is 0.464. The maximum absolute atomic E-state index is 11.6. The summed E-state index contributed by atoms with van der Waals surface area (Å²) >= 11 is 7.90.